The van der Waals surface area contributed by atoms with E-state index in [-0.39, 0.29) is 17.9 Å². The summed E-state index contributed by atoms with van der Waals surface area (Å²) in [5.74, 6) is -0.829. The largest absolute Gasteiger partial charge is 0.380 e. The molecule has 8 heteroatoms. The number of aromatic amines is 1. The molecule has 0 aromatic carbocycles. The Kier molecular flexibility index (Phi) is 3.87. The second-order valence-electron chi connectivity index (χ2n) is 7.74. The molecule has 1 spiro atoms. The number of carbonyl (C=O) groups excluding carboxylic acids is 2. The van der Waals surface area contributed by atoms with Crippen LogP contribution in [0.5, 0.6) is 0 Å². The molecule has 2 amide bonds. The summed E-state index contributed by atoms with van der Waals surface area (Å²) in [5, 5.41) is 7.06. The monoisotopic (exact) mass is 372 g/mol. The van der Waals surface area contributed by atoms with Crippen molar-refractivity contribution in [1.82, 2.24) is 20.0 Å². The number of nitrogens with one attached hydrogen (secondary N) is 1. The van der Waals surface area contributed by atoms with E-state index in [0.29, 0.717) is 39.4 Å². The van der Waals surface area contributed by atoms with E-state index >= 15 is 0 Å². The Morgan fingerprint density at radius 3 is 3.26 bits per heavy atom. The van der Waals surface area contributed by atoms with Gasteiger partial charge in [0.2, 0.25) is 11.8 Å². The summed E-state index contributed by atoms with van der Waals surface area (Å²) in [6.07, 6.45) is 6.20. The van der Waals surface area contributed by atoms with Crippen LogP contribution in [0.25, 0.3) is 0 Å². The van der Waals surface area contributed by atoms with Gasteiger partial charge in [0.05, 0.1) is 37.3 Å². The number of rotatable bonds is 5. The maximum atomic E-state index is 13.4. The van der Waals surface area contributed by atoms with Crippen LogP contribution < -0.4 is 0 Å². The first-order valence-corrected chi connectivity index (χ1v) is 9.66. The number of nitrogens with zero attached hydrogens (tertiary/aromatic N) is 3. The van der Waals surface area contributed by atoms with E-state index in [2.05, 4.69) is 10.2 Å². The Hall–Kier alpha value is -2.19. The number of H-pyrrole nitrogens is 1. The van der Waals surface area contributed by atoms with Gasteiger partial charge < -0.3 is 19.3 Å². The van der Waals surface area contributed by atoms with Crippen molar-refractivity contribution in [2.75, 3.05) is 32.8 Å². The summed E-state index contributed by atoms with van der Waals surface area (Å²) in [7, 11) is 0. The van der Waals surface area contributed by atoms with Crippen molar-refractivity contribution in [3.63, 3.8) is 0 Å². The standard InChI is InChI=1S/C19H24N4O4/c1-2-26-8-7-23-11-19-5-3-14(27-19)15(16(19)18(23)25)17(24)22-6-4-13-12(10-22)9-20-21-13/h3,5,9,14-16H,2,4,6-8,10-11H2,1H3,(H,20,21)/t14-,15?,16?,19-/m0/s1. The molecule has 2 bridgehead atoms. The summed E-state index contributed by atoms with van der Waals surface area (Å²) in [6.45, 7) is 5.29. The van der Waals surface area contributed by atoms with Crippen LogP contribution in [0.15, 0.2) is 18.3 Å². The second-order valence-corrected chi connectivity index (χ2v) is 7.74. The molecule has 0 saturated carbocycles. The molecular formula is C19H24N4O4. The number of fused-ring (bicyclic) bond motifs is 2. The van der Waals surface area contributed by atoms with E-state index in [1.165, 1.54) is 0 Å². The zero-order valence-corrected chi connectivity index (χ0v) is 15.4. The first kappa shape index (κ1) is 16.9. The third-order valence-corrected chi connectivity index (χ3v) is 6.29. The van der Waals surface area contributed by atoms with Gasteiger partial charge in [-0.1, -0.05) is 12.2 Å². The van der Waals surface area contributed by atoms with Crippen molar-refractivity contribution in [1.29, 1.82) is 0 Å². The molecule has 5 heterocycles. The van der Waals surface area contributed by atoms with Crippen molar-refractivity contribution < 1.29 is 19.1 Å². The summed E-state index contributed by atoms with van der Waals surface area (Å²) >= 11 is 0. The lowest BCUT2D eigenvalue weighted by atomic mass is 9.76. The molecule has 2 saturated heterocycles. The Labute approximate surface area is 157 Å². The van der Waals surface area contributed by atoms with Crippen molar-refractivity contribution in [3.05, 3.63) is 29.6 Å². The van der Waals surface area contributed by atoms with Crippen LogP contribution in [0, 0.1) is 11.8 Å². The zero-order chi connectivity index (χ0) is 18.6. The van der Waals surface area contributed by atoms with Crippen LogP contribution in [0.1, 0.15) is 18.2 Å². The van der Waals surface area contributed by atoms with Gasteiger partial charge in [0.25, 0.3) is 0 Å². The van der Waals surface area contributed by atoms with Gasteiger partial charge in [0.1, 0.15) is 5.60 Å². The second kappa shape index (κ2) is 6.17. The van der Waals surface area contributed by atoms with Gasteiger partial charge in [-0.2, -0.15) is 5.10 Å². The molecule has 1 N–H and O–H groups in total. The molecule has 1 aromatic heterocycles. The minimum atomic E-state index is -0.648. The maximum absolute atomic E-state index is 13.4. The van der Waals surface area contributed by atoms with E-state index in [1.807, 2.05) is 24.0 Å². The molecule has 27 heavy (non-hydrogen) atoms. The number of aromatic nitrogens is 2. The lowest BCUT2D eigenvalue weighted by molar-refractivity contribution is -0.144. The van der Waals surface area contributed by atoms with Crippen molar-refractivity contribution >= 4 is 11.8 Å². The lowest BCUT2D eigenvalue weighted by Crippen LogP contribution is -2.47. The van der Waals surface area contributed by atoms with Gasteiger partial charge in [0.15, 0.2) is 0 Å². The van der Waals surface area contributed by atoms with Crippen LogP contribution in [-0.2, 0) is 32.0 Å². The summed E-state index contributed by atoms with van der Waals surface area (Å²) in [5.41, 5.74) is 1.50. The molecule has 8 nitrogen and oxygen atoms in total. The van der Waals surface area contributed by atoms with Gasteiger partial charge in [-0.15, -0.1) is 0 Å². The van der Waals surface area contributed by atoms with Gasteiger partial charge >= 0.3 is 0 Å². The maximum Gasteiger partial charge on any atom is 0.230 e. The van der Waals surface area contributed by atoms with E-state index in [1.54, 1.807) is 11.1 Å². The smallest absolute Gasteiger partial charge is 0.230 e. The number of carbonyl (C=O) groups is 2. The Bertz CT molecular complexity index is 805. The Balaban J connectivity index is 1.36. The lowest BCUT2D eigenvalue weighted by Gasteiger charge is -2.32. The van der Waals surface area contributed by atoms with Gasteiger partial charge in [0, 0.05) is 43.9 Å². The van der Waals surface area contributed by atoms with Gasteiger partial charge in [-0.3, -0.25) is 14.7 Å². The third-order valence-electron chi connectivity index (χ3n) is 6.29. The highest BCUT2D eigenvalue weighted by Gasteiger charge is 2.67. The highest BCUT2D eigenvalue weighted by molar-refractivity contribution is 5.93. The molecule has 0 radical (unpaired) electrons. The molecule has 5 rings (SSSR count). The van der Waals surface area contributed by atoms with E-state index in [9.17, 15) is 9.59 Å². The number of likely N-dealkylation sites (tertiary alicyclic amines) is 1. The normalized spacial score (nSPS) is 33.7. The predicted molar refractivity (Wildman–Crippen MR) is 94.5 cm³/mol. The molecule has 4 aliphatic rings. The molecule has 1 aromatic rings. The fourth-order valence-corrected chi connectivity index (χ4v) is 4.99. The zero-order valence-electron chi connectivity index (χ0n) is 15.4. The topological polar surface area (TPSA) is 87.8 Å². The Morgan fingerprint density at radius 1 is 1.52 bits per heavy atom. The van der Waals surface area contributed by atoms with Crippen LogP contribution in [-0.4, -0.2) is 76.4 Å². The number of ether oxygens (including phenoxy) is 2. The molecule has 2 fully saturated rings. The first-order valence-electron chi connectivity index (χ1n) is 9.66. The predicted octanol–water partition coefficient (Wildman–Crippen LogP) is 0.113. The highest BCUT2D eigenvalue weighted by atomic mass is 16.5. The quantitative estimate of drug-likeness (QED) is 0.586. The summed E-state index contributed by atoms with van der Waals surface area (Å²) in [6, 6.07) is 0. The molecular weight excluding hydrogens is 348 g/mol. The van der Waals surface area contributed by atoms with E-state index < -0.39 is 17.4 Å². The SMILES string of the molecule is CCOCCN1C[C@]23C=C[C@H](O2)C(C(=O)N2CCc4[nH]ncc4C2)C3C1=O. The Morgan fingerprint density at radius 2 is 2.41 bits per heavy atom. The molecule has 144 valence electrons. The number of hydrogen-bond donors (Lipinski definition) is 1. The van der Waals surface area contributed by atoms with E-state index in [0.717, 1.165) is 17.7 Å². The van der Waals surface area contributed by atoms with Crippen molar-refractivity contribution in [3.8, 4) is 0 Å². The highest BCUT2D eigenvalue weighted by Crippen LogP contribution is 2.52. The van der Waals surface area contributed by atoms with Crippen LogP contribution in [0.4, 0.5) is 0 Å². The van der Waals surface area contributed by atoms with Gasteiger partial charge in [-0.25, -0.2) is 0 Å². The van der Waals surface area contributed by atoms with Crippen molar-refractivity contribution in [2.24, 2.45) is 11.8 Å². The first-order chi connectivity index (χ1) is 13.1. The van der Waals surface area contributed by atoms with Gasteiger partial charge in [-0.05, 0) is 6.92 Å². The van der Waals surface area contributed by atoms with Crippen LogP contribution in [0.2, 0.25) is 0 Å². The number of hydrogen-bond acceptors (Lipinski definition) is 5. The summed E-state index contributed by atoms with van der Waals surface area (Å²) < 4.78 is 11.6. The van der Waals surface area contributed by atoms with E-state index in [4.69, 9.17) is 9.47 Å². The number of amides is 2. The molecule has 4 aliphatic heterocycles. The minimum absolute atomic E-state index is 0.0147. The van der Waals surface area contributed by atoms with Crippen molar-refractivity contribution in [2.45, 2.75) is 31.6 Å². The average Bonchev–Trinajstić information content (AvgIpc) is 3.42. The summed E-state index contributed by atoms with van der Waals surface area (Å²) in [4.78, 5) is 30.1. The van der Waals surface area contributed by atoms with Crippen LogP contribution in [0.3, 0.4) is 0 Å². The average molecular weight is 372 g/mol. The molecule has 2 unspecified atom stereocenters. The van der Waals surface area contributed by atoms with Crippen LogP contribution >= 0.6 is 0 Å². The fourth-order valence-electron chi connectivity index (χ4n) is 4.99. The fraction of sp³-hybridized carbons (Fsp3) is 0.632. The molecule has 0 aliphatic carbocycles. The minimum Gasteiger partial charge on any atom is -0.380 e. The third kappa shape index (κ3) is 2.46. The molecule has 4 atom stereocenters.